The molecule has 3 fully saturated rings. The number of rotatable bonds is 11. The molecular formula is C33H39NO12. The number of ether oxygens (including phenoxy) is 3. The lowest BCUT2D eigenvalue weighted by Gasteiger charge is -2.59. The van der Waals surface area contributed by atoms with Crippen LogP contribution in [0.5, 0.6) is 11.5 Å². The Labute approximate surface area is 265 Å². The number of methoxy groups -OCH3 is 1. The summed E-state index contributed by atoms with van der Waals surface area (Å²) >= 11 is 0. The number of esters is 2. The number of Topliss-reactive ketones (excluding diaryl/α,β-unsaturated/α-hetero) is 1. The van der Waals surface area contributed by atoms with Crippen LogP contribution < -0.4 is 9.47 Å². The Hall–Kier alpha value is -4.10. The molecule has 7 atom stereocenters. The van der Waals surface area contributed by atoms with Crippen LogP contribution in [0.1, 0.15) is 69.2 Å². The largest absolute Gasteiger partial charge is 0.493 e. The molecule has 3 saturated carbocycles. The summed E-state index contributed by atoms with van der Waals surface area (Å²) in [6, 6.07) is 3.93. The maximum Gasteiger partial charge on any atom is 0.338 e. The molecular weight excluding hydrogens is 602 g/mol. The zero-order chi connectivity index (χ0) is 33.4. The second kappa shape index (κ2) is 12.6. The summed E-state index contributed by atoms with van der Waals surface area (Å²) in [7, 11) is 1.31. The van der Waals surface area contributed by atoms with Crippen molar-refractivity contribution in [1.82, 2.24) is 0 Å². The molecule has 13 nitrogen and oxygen atoms in total. The van der Waals surface area contributed by atoms with Gasteiger partial charge in [-0.25, -0.2) is 4.79 Å². The molecule has 1 aromatic rings. The molecule has 5 rings (SSSR count). The highest BCUT2D eigenvalue weighted by atomic mass is 16.9. The first kappa shape index (κ1) is 33.3. The average Bonchev–Trinajstić information content (AvgIpc) is 3.28. The Kier molecular flexibility index (Phi) is 9.11. The standard InChI is InChI=1S/C33H39NO12/c1-31-12-10-21(35)16-20(31)7-8-22-23-11-13-33(40,32(23,2)17-24(36)29(22)31)27(37)18-44-30(39)19-6-9-25(26(15-19)43-3)46-28(38)5-4-14-45-34(41)42/h6,9-10,12,15-16,22-24,29,36,40H,4-5,7-8,11,13-14,17-18H2,1-3H3/t22-,23-,24-,29+,31-,32-,33-/m0/s1. The fourth-order valence-corrected chi connectivity index (χ4v) is 8.53. The highest BCUT2D eigenvalue weighted by Crippen LogP contribution is 2.67. The Morgan fingerprint density at radius 1 is 1.15 bits per heavy atom. The normalized spacial score (nSPS) is 32.7. The second-order valence-corrected chi connectivity index (χ2v) is 13.1. The van der Waals surface area contributed by atoms with E-state index in [0.717, 1.165) is 12.0 Å². The number of hydrogen-bond acceptors (Lipinski definition) is 12. The fourth-order valence-electron chi connectivity index (χ4n) is 8.53. The summed E-state index contributed by atoms with van der Waals surface area (Å²) in [5.41, 5.74) is -2.18. The van der Waals surface area contributed by atoms with E-state index in [1.807, 2.05) is 13.0 Å². The van der Waals surface area contributed by atoms with E-state index in [4.69, 9.17) is 14.2 Å². The number of aliphatic hydroxyl groups is 2. The lowest BCUT2D eigenvalue weighted by molar-refractivity contribution is -0.757. The molecule has 4 aliphatic carbocycles. The minimum atomic E-state index is -1.81. The molecule has 0 amide bonds. The lowest BCUT2D eigenvalue weighted by atomic mass is 9.46. The minimum Gasteiger partial charge on any atom is -0.493 e. The highest BCUT2D eigenvalue weighted by molar-refractivity contribution is 6.01. The molecule has 13 heteroatoms. The first-order valence-electron chi connectivity index (χ1n) is 15.4. The molecule has 0 unspecified atom stereocenters. The smallest absolute Gasteiger partial charge is 0.338 e. The van der Waals surface area contributed by atoms with E-state index in [0.29, 0.717) is 12.8 Å². The van der Waals surface area contributed by atoms with Gasteiger partial charge in [0.25, 0.3) is 5.09 Å². The fraction of sp³-hybridized carbons (Fsp3) is 0.576. The number of benzene rings is 1. The molecule has 2 N–H and O–H groups in total. The van der Waals surface area contributed by atoms with Gasteiger partial charge in [0, 0.05) is 23.2 Å². The lowest BCUT2D eigenvalue weighted by Crippen LogP contribution is -2.61. The number of aliphatic hydroxyl groups excluding tert-OH is 1. The van der Waals surface area contributed by atoms with Crippen molar-refractivity contribution in [3.05, 3.63) is 57.7 Å². The van der Waals surface area contributed by atoms with Gasteiger partial charge < -0.3 is 29.3 Å². The van der Waals surface area contributed by atoms with Crippen molar-refractivity contribution < 1.29 is 53.5 Å². The summed E-state index contributed by atoms with van der Waals surface area (Å²) in [5.74, 6) is -2.34. The number of nitrogens with zero attached hydrogens (tertiary/aromatic N) is 1. The summed E-state index contributed by atoms with van der Waals surface area (Å²) in [6.07, 6.45) is 6.64. The number of carbonyl (C=O) groups excluding carboxylic acids is 4. The molecule has 0 bridgehead atoms. The van der Waals surface area contributed by atoms with Crippen molar-refractivity contribution in [3.8, 4) is 11.5 Å². The molecule has 0 aromatic heterocycles. The second-order valence-electron chi connectivity index (χ2n) is 13.1. The maximum atomic E-state index is 13.6. The monoisotopic (exact) mass is 641 g/mol. The molecule has 46 heavy (non-hydrogen) atoms. The highest BCUT2D eigenvalue weighted by Gasteiger charge is 2.68. The van der Waals surface area contributed by atoms with E-state index < -0.39 is 52.0 Å². The third-order valence-electron chi connectivity index (χ3n) is 10.8. The third-order valence-corrected chi connectivity index (χ3v) is 10.8. The van der Waals surface area contributed by atoms with Crippen LogP contribution in [0.3, 0.4) is 0 Å². The van der Waals surface area contributed by atoms with Crippen LogP contribution in [0.2, 0.25) is 0 Å². The average molecular weight is 642 g/mol. The van der Waals surface area contributed by atoms with Gasteiger partial charge in [-0.2, -0.15) is 0 Å². The van der Waals surface area contributed by atoms with Gasteiger partial charge >= 0.3 is 11.9 Å². The Bertz CT molecular complexity index is 1500. The first-order valence-corrected chi connectivity index (χ1v) is 15.4. The van der Waals surface area contributed by atoms with Gasteiger partial charge in [-0.3, -0.25) is 14.4 Å². The topological polar surface area (TPSA) is 189 Å². The predicted molar refractivity (Wildman–Crippen MR) is 159 cm³/mol. The summed E-state index contributed by atoms with van der Waals surface area (Å²) < 4.78 is 15.8. The van der Waals surface area contributed by atoms with Crippen molar-refractivity contribution >= 4 is 23.5 Å². The van der Waals surface area contributed by atoms with E-state index in [1.165, 1.54) is 25.3 Å². The molecule has 0 radical (unpaired) electrons. The van der Waals surface area contributed by atoms with E-state index in [-0.39, 0.29) is 72.9 Å². The maximum absolute atomic E-state index is 13.6. The van der Waals surface area contributed by atoms with E-state index in [1.54, 1.807) is 12.2 Å². The predicted octanol–water partition coefficient (Wildman–Crippen LogP) is 3.32. The van der Waals surface area contributed by atoms with Crippen LogP contribution in [0.15, 0.2) is 42.0 Å². The van der Waals surface area contributed by atoms with E-state index >= 15 is 0 Å². The van der Waals surface area contributed by atoms with Gasteiger partial charge in [-0.15, -0.1) is 10.1 Å². The van der Waals surface area contributed by atoms with Crippen LogP contribution in [-0.4, -0.2) is 70.8 Å². The Morgan fingerprint density at radius 2 is 1.91 bits per heavy atom. The molecule has 0 heterocycles. The van der Waals surface area contributed by atoms with Crippen molar-refractivity contribution in [2.24, 2.45) is 28.6 Å². The minimum absolute atomic E-state index is 0.0122. The van der Waals surface area contributed by atoms with Crippen molar-refractivity contribution in [2.75, 3.05) is 20.3 Å². The summed E-state index contributed by atoms with van der Waals surface area (Å²) in [4.78, 5) is 65.1. The molecule has 0 spiro atoms. The van der Waals surface area contributed by atoms with Crippen LogP contribution in [0.4, 0.5) is 0 Å². The van der Waals surface area contributed by atoms with Gasteiger partial charge in [0.15, 0.2) is 23.9 Å². The Balaban J connectivity index is 1.23. The van der Waals surface area contributed by atoms with Gasteiger partial charge in [-0.1, -0.05) is 25.5 Å². The Morgan fingerprint density at radius 3 is 2.63 bits per heavy atom. The van der Waals surface area contributed by atoms with E-state index in [9.17, 15) is 39.5 Å². The SMILES string of the molecule is COc1cc(C(=O)OCC(=O)[C@@]2(O)CC[C@H]3[C@@H]4CCC5=CC(=O)C=C[C@]5(C)[C@H]4[C@@H](O)C[C@@]32C)ccc1OC(=O)CCCO[N+](=O)[O-]. The number of carbonyl (C=O) groups is 4. The third kappa shape index (κ3) is 5.81. The van der Waals surface area contributed by atoms with Crippen molar-refractivity contribution in [2.45, 2.75) is 70.5 Å². The number of allylic oxidation sites excluding steroid dienone is 4. The molecule has 0 saturated heterocycles. The van der Waals surface area contributed by atoms with Gasteiger partial charge in [0.2, 0.25) is 5.78 Å². The van der Waals surface area contributed by atoms with Crippen LogP contribution in [-0.2, 0) is 24.0 Å². The quantitative estimate of drug-likeness (QED) is 0.118. The zero-order valence-corrected chi connectivity index (χ0v) is 26.1. The van der Waals surface area contributed by atoms with Gasteiger partial charge in [0.1, 0.15) is 5.60 Å². The van der Waals surface area contributed by atoms with Gasteiger partial charge in [0.05, 0.1) is 25.4 Å². The number of ketones is 2. The summed E-state index contributed by atoms with van der Waals surface area (Å²) in [6.45, 7) is 2.96. The molecule has 4 aliphatic rings. The van der Waals surface area contributed by atoms with Crippen LogP contribution in [0.25, 0.3) is 0 Å². The first-order chi connectivity index (χ1) is 21.7. The zero-order valence-electron chi connectivity index (χ0n) is 26.1. The van der Waals surface area contributed by atoms with Crippen LogP contribution >= 0.6 is 0 Å². The molecule has 0 aliphatic heterocycles. The van der Waals surface area contributed by atoms with Crippen LogP contribution in [0, 0.1) is 38.7 Å². The molecule has 1 aromatic carbocycles. The number of fused-ring (bicyclic) bond motifs is 5. The van der Waals surface area contributed by atoms with Crippen molar-refractivity contribution in [3.63, 3.8) is 0 Å². The number of hydrogen-bond donors (Lipinski definition) is 2. The molecule has 248 valence electrons. The van der Waals surface area contributed by atoms with Gasteiger partial charge in [-0.05, 0) is 80.7 Å². The van der Waals surface area contributed by atoms with E-state index in [2.05, 4.69) is 11.8 Å². The van der Waals surface area contributed by atoms with Crippen molar-refractivity contribution in [1.29, 1.82) is 0 Å². The summed E-state index contributed by atoms with van der Waals surface area (Å²) in [5, 5.41) is 32.7.